The quantitative estimate of drug-likeness (QED) is 0.771. The number of hydrogen-bond acceptors (Lipinski definition) is 1. The van der Waals surface area contributed by atoms with E-state index < -0.39 is 0 Å². The third-order valence-corrected chi connectivity index (χ3v) is 2.01. The maximum absolute atomic E-state index is 13.0. The zero-order valence-electron chi connectivity index (χ0n) is 8.97. The molecular weight excluding hydrogens is 179 g/mol. The summed E-state index contributed by atoms with van der Waals surface area (Å²) in [5.41, 5.74) is 1.64. The molecule has 0 aromatic heterocycles. The van der Waals surface area contributed by atoms with Crippen LogP contribution in [-0.4, -0.2) is 5.11 Å². The summed E-state index contributed by atoms with van der Waals surface area (Å²) >= 11 is 0. The smallest absolute Gasteiger partial charge is 0.128 e. The molecular formula is C12H17FO. The lowest BCUT2D eigenvalue weighted by Crippen LogP contribution is -2.09. The van der Waals surface area contributed by atoms with Gasteiger partial charge in [0.25, 0.3) is 0 Å². The molecule has 1 aromatic carbocycles. The molecule has 2 heteroatoms. The number of aliphatic hydroxyl groups is 1. The summed E-state index contributed by atoms with van der Waals surface area (Å²) < 4.78 is 13.0. The number of halogens is 1. The molecule has 0 fully saturated rings. The molecule has 0 aliphatic rings. The molecule has 1 rings (SSSR count). The Bertz CT molecular complexity index is 313. The maximum Gasteiger partial charge on any atom is 0.128 e. The summed E-state index contributed by atoms with van der Waals surface area (Å²) in [6, 6.07) is 4.94. The van der Waals surface area contributed by atoms with Crippen LogP contribution in [0, 0.1) is 11.2 Å². The Morgan fingerprint density at radius 3 is 2.43 bits per heavy atom. The van der Waals surface area contributed by atoms with Crippen LogP contribution in [-0.2, 0) is 13.0 Å². The topological polar surface area (TPSA) is 20.2 Å². The van der Waals surface area contributed by atoms with E-state index >= 15 is 0 Å². The van der Waals surface area contributed by atoms with Gasteiger partial charge in [0, 0.05) is 5.56 Å². The Morgan fingerprint density at radius 1 is 1.29 bits per heavy atom. The van der Waals surface area contributed by atoms with Crippen molar-refractivity contribution in [1.82, 2.24) is 0 Å². The van der Waals surface area contributed by atoms with Gasteiger partial charge in [-0.2, -0.15) is 0 Å². The van der Waals surface area contributed by atoms with Crippen LogP contribution in [0.25, 0.3) is 0 Å². The Labute approximate surface area is 84.6 Å². The van der Waals surface area contributed by atoms with Crippen LogP contribution in [0.3, 0.4) is 0 Å². The molecule has 78 valence electrons. The monoisotopic (exact) mass is 196 g/mol. The van der Waals surface area contributed by atoms with E-state index in [1.165, 1.54) is 6.07 Å². The van der Waals surface area contributed by atoms with Crippen LogP contribution in [0.2, 0.25) is 0 Å². The van der Waals surface area contributed by atoms with E-state index in [9.17, 15) is 4.39 Å². The van der Waals surface area contributed by atoms with Crippen LogP contribution in [0.4, 0.5) is 4.39 Å². The third-order valence-electron chi connectivity index (χ3n) is 2.01. The molecule has 1 aromatic rings. The van der Waals surface area contributed by atoms with Gasteiger partial charge in [0.05, 0.1) is 6.61 Å². The fourth-order valence-electron chi connectivity index (χ4n) is 1.47. The van der Waals surface area contributed by atoms with Crippen molar-refractivity contribution in [3.05, 3.63) is 35.1 Å². The molecule has 0 heterocycles. The van der Waals surface area contributed by atoms with Gasteiger partial charge in [0.1, 0.15) is 5.82 Å². The summed E-state index contributed by atoms with van der Waals surface area (Å²) in [6.07, 6.45) is 0.889. The van der Waals surface area contributed by atoms with E-state index in [1.807, 2.05) is 0 Å². The molecule has 0 spiro atoms. The van der Waals surface area contributed by atoms with Crippen LogP contribution in [0.5, 0.6) is 0 Å². The van der Waals surface area contributed by atoms with Gasteiger partial charge >= 0.3 is 0 Å². The zero-order chi connectivity index (χ0) is 10.8. The summed E-state index contributed by atoms with van der Waals surface area (Å²) in [6.45, 7) is 6.17. The highest BCUT2D eigenvalue weighted by atomic mass is 19.1. The average molecular weight is 196 g/mol. The first-order chi connectivity index (χ1) is 6.42. The number of benzene rings is 1. The Hall–Kier alpha value is -0.890. The predicted molar refractivity (Wildman–Crippen MR) is 55.5 cm³/mol. The number of rotatable bonds is 2. The van der Waals surface area contributed by atoms with Gasteiger partial charge in [0.2, 0.25) is 0 Å². The van der Waals surface area contributed by atoms with Gasteiger partial charge in [-0.1, -0.05) is 32.9 Å². The molecule has 1 N–H and O–H groups in total. The first kappa shape index (κ1) is 11.2. The second-order valence-corrected chi connectivity index (χ2v) is 4.82. The molecule has 0 aliphatic carbocycles. The van der Waals surface area contributed by atoms with Crippen molar-refractivity contribution >= 4 is 0 Å². The molecule has 0 aliphatic heterocycles. The first-order valence-electron chi connectivity index (χ1n) is 4.80. The molecule has 0 saturated carbocycles. The van der Waals surface area contributed by atoms with Crippen molar-refractivity contribution in [3.63, 3.8) is 0 Å². The minimum Gasteiger partial charge on any atom is -0.392 e. The maximum atomic E-state index is 13.0. The lowest BCUT2D eigenvalue weighted by Gasteiger charge is -2.18. The fourth-order valence-corrected chi connectivity index (χ4v) is 1.47. The number of aliphatic hydroxyl groups excluding tert-OH is 1. The summed E-state index contributed by atoms with van der Waals surface area (Å²) in [5, 5.41) is 8.90. The molecule has 0 unspecified atom stereocenters. The molecule has 1 nitrogen and oxygen atoms in total. The van der Waals surface area contributed by atoms with Crippen molar-refractivity contribution in [2.45, 2.75) is 33.8 Å². The highest BCUT2D eigenvalue weighted by Gasteiger charge is 2.12. The Balaban J connectivity index is 2.90. The van der Waals surface area contributed by atoms with Crippen LogP contribution >= 0.6 is 0 Å². The Kier molecular flexibility index (Phi) is 3.27. The van der Waals surface area contributed by atoms with E-state index in [0.29, 0.717) is 5.56 Å². The minimum absolute atomic E-state index is 0.185. The molecule has 0 saturated heterocycles. The van der Waals surface area contributed by atoms with Crippen LogP contribution in [0.1, 0.15) is 31.9 Å². The van der Waals surface area contributed by atoms with Crippen molar-refractivity contribution in [3.8, 4) is 0 Å². The predicted octanol–water partition coefficient (Wildman–Crippen LogP) is 2.91. The second kappa shape index (κ2) is 4.09. The normalized spacial score (nSPS) is 11.8. The lowest BCUT2D eigenvalue weighted by molar-refractivity contribution is 0.275. The average Bonchev–Trinajstić information content (AvgIpc) is 2.06. The summed E-state index contributed by atoms with van der Waals surface area (Å²) in [5.74, 6) is -0.329. The van der Waals surface area contributed by atoms with E-state index in [2.05, 4.69) is 20.8 Å². The van der Waals surface area contributed by atoms with E-state index in [0.717, 1.165) is 12.0 Å². The standard InChI is InChI=1S/C12H17FO/c1-12(2,3)7-9-4-5-11(13)10(6-9)8-14/h4-6,14H,7-8H2,1-3H3. The van der Waals surface area contributed by atoms with Gasteiger partial charge in [-0.25, -0.2) is 4.39 Å². The van der Waals surface area contributed by atoms with Crippen LogP contribution in [0.15, 0.2) is 18.2 Å². The summed E-state index contributed by atoms with van der Waals surface area (Å²) in [7, 11) is 0. The molecule has 0 bridgehead atoms. The molecule has 0 amide bonds. The van der Waals surface area contributed by atoms with Gasteiger partial charge in [-0.3, -0.25) is 0 Å². The highest BCUT2D eigenvalue weighted by Crippen LogP contribution is 2.22. The van der Waals surface area contributed by atoms with E-state index in [4.69, 9.17) is 5.11 Å². The van der Waals surface area contributed by atoms with Crippen molar-refractivity contribution < 1.29 is 9.50 Å². The molecule has 14 heavy (non-hydrogen) atoms. The Morgan fingerprint density at radius 2 is 1.93 bits per heavy atom. The van der Waals surface area contributed by atoms with Gasteiger partial charge in [-0.15, -0.1) is 0 Å². The molecule has 0 atom stereocenters. The van der Waals surface area contributed by atoms with Crippen molar-refractivity contribution in [2.75, 3.05) is 0 Å². The molecule has 0 radical (unpaired) electrons. The minimum atomic E-state index is -0.329. The lowest BCUT2D eigenvalue weighted by atomic mass is 9.88. The van der Waals surface area contributed by atoms with Gasteiger partial charge in [0.15, 0.2) is 0 Å². The third kappa shape index (κ3) is 3.11. The first-order valence-corrected chi connectivity index (χ1v) is 4.80. The van der Waals surface area contributed by atoms with Crippen molar-refractivity contribution in [1.29, 1.82) is 0 Å². The van der Waals surface area contributed by atoms with E-state index in [-0.39, 0.29) is 17.8 Å². The van der Waals surface area contributed by atoms with Crippen LogP contribution < -0.4 is 0 Å². The van der Waals surface area contributed by atoms with Gasteiger partial charge < -0.3 is 5.11 Å². The SMILES string of the molecule is CC(C)(C)Cc1ccc(F)c(CO)c1. The largest absolute Gasteiger partial charge is 0.392 e. The van der Waals surface area contributed by atoms with E-state index in [1.54, 1.807) is 12.1 Å². The van der Waals surface area contributed by atoms with Crippen molar-refractivity contribution in [2.24, 2.45) is 5.41 Å². The summed E-state index contributed by atoms with van der Waals surface area (Å²) in [4.78, 5) is 0. The fraction of sp³-hybridized carbons (Fsp3) is 0.500. The van der Waals surface area contributed by atoms with Gasteiger partial charge in [-0.05, 0) is 23.5 Å². The second-order valence-electron chi connectivity index (χ2n) is 4.82. The number of hydrogen-bond donors (Lipinski definition) is 1. The highest BCUT2D eigenvalue weighted by molar-refractivity contribution is 5.25. The zero-order valence-corrected chi connectivity index (χ0v) is 8.97.